The van der Waals surface area contributed by atoms with Gasteiger partial charge in [-0.05, 0) is 26.0 Å². The molecular weight excluding hydrogens is 258 g/mol. The molecule has 0 amide bonds. The molecule has 0 saturated heterocycles. The van der Waals surface area contributed by atoms with E-state index in [0.717, 1.165) is 5.69 Å². The fraction of sp³-hybridized carbons (Fsp3) is 0.286. The number of anilines is 1. The third-order valence-corrected chi connectivity index (χ3v) is 2.76. The van der Waals surface area contributed by atoms with Crippen LogP contribution in [0.2, 0.25) is 0 Å². The van der Waals surface area contributed by atoms with Crippen molar-refractivity contribution in [3.63, 3.8) is 0 Å². The van der Waals surface area contributed by atoms with Gasteiger partial charge in [-0.1, -0.05) is 18.2 Å². The first-order chi connectivity index (χ1) is 9.63. The van der Waals surface area contributed by atoms with Gasteiger partial charge in [-0.2, -0.15) is 0 Å². The van der Waals surface area contributed by atoms with E-state index in [1.165, 1.54) is 0 Å². The predicted octanol–water partition coefficient (Wildman–Crippen LogP) is 1.70. The summed E-state index contributed by atoms with van der Waals surface area (Å²) in [4.78, 5) is 11.3. The number of aromatic nitrogens is 2. The highest BCUT2D eigenvalue weighted by molar-refractivity contribution is 5.71. The molecule has 0 spiro atoms. The maximum Gasteiger partial charge on any atom is 0.344 e. The first-order valence-corrected chi connectivity index (χ1v) is 6.32. The van der Waals surface area contributed by atoms with Gasteiger partial charge in [-0.15, -0.1) is 5.10 Å². The second-order valence-electron chi connectivity index (χ2n) is 4.16. The molecule has 0 atom stereocenters. The van der Waals surface area contributed by atoms with E-state index in [9.17, 15) is 4.79 Å². The molecule has 0 aliphatic rings. The number of hydrogen-bond donors (Lipinski definition) is 1. The van der Waals surface area contributed by atoms with Crippen LogP contribution in [-0.2, 0) is 9.53 Å². The van der Waals surface area contributed by atoms with Gasteiger partial charge < -0.3 is 15.2 Å². The minimum atomic E-state index is -0.431. The van der Waals surface area contributed by atoms with E-state index < -0.39 is 5.97 Å². The van der Waals surface area contributed by atoms with E-state index in [-0.39, 0.29) is 6.61 Å². The highest BCUT2D eigenvalue weighted by Gasteiger charge is 2.15. The lowest BCUT2D eigenvalue weighted by molar-refractivity contribution is -0.145. The standard InChI is InChI=1S/C14H17N3O3/c1-3-19-12(18)9-20-14-10(2)13(15)17(16-14)11-7-5-4-6-8-11/h4-8H,3,9,15H2,1-2H3. The smallest absolute Gasteiger partial charge is 0.344 e. The third-order valence-electron chi connectivity index (χ3n) is 2.76. The van der Waals surface area contributed by atoms with Crippen molar-refractivity contribution >= 4 is 11.8 Å². The summed E-state index contributed by atoms with van der Waals surface area (Å²) >= 11 is 0. The summed E-state index contributed by atoms with van der Waals surface area (Å²) < 4.78 is 11.7. The Morgan fingerprint density at radius 1 is 1.35 bits per heavy atom. The van der Waals surface area contributed by atoms with Crippen molar-refractivity contribution in [1.82, 2.24) is 9.78 Å². The number of benzene rings is 1. The molecule has 106 valence electrons. The molecule has 2 N–H and O–H groups in total. The largest absolute Gasteiger partial charge is 0.464 e. The zero-order valence-electron chi connectivity index (χ0n) is 11.5. The van der Waals surface area contributed by atoms with Crippen LogP contribution in [0.1, 0.15) is 12.5 Å². The second kappa shape index (κ2) is 6.10. The van der Waals surface area contributed by atoms with Gasteiger partial charge in [-0.3, -0.25) is 0 Å². The van der Waals surface area contributed by atoms with E-state index in [1.807, 2.05) is 30.3 Å². The maximum atomic E-state index is 11.3. The summed E-state index contributed by atoms with van der Waals surface area (Å²) in [5, 5.41) is 4.27. The van der Waals surface area contributed by atoms with Crippen LogP contribution in [0.25, 0.3) is 5.69 Å². The molecular formula is C14H17N3O3. The number of hydrogen-bond acceptors (Lipinski definition) is 5. The van der Waals surface area contributed by atoms with Crippen LogP contribution in [0.5, 0.6) is 5.88 Å². The Morgan fingerprint density at radius 2 is 2.05 bits per heavy atom. The van der Waals surface area contributed by atoms with Crippen LogP contribution in [0, 0.1) is 6.92 Å². The Hall–Kier alpha value is -2.50. The number of ether oxygens (including phenoxy) is 2. The second-order valence-corrected chi connectivity index (χ2v) is 4.16. The average Bonchev–Trinajstić information content (AvgIpc) is 2.74. The van der Waals surface area contributed by atoms with Crippen molar-refractivity contribution in [3.8, 4) is 11.6 Å². The Bertz CT molecular complexity index is 593. The molecule has 0 bridgehead atoms. The van der Waals surface area contributed by atoms with Crippen LogP contribution in [0.4, 0.5) is 5.82 Å². The van der Waals surface area contributed by atoms with Gasteiger partial charge in [0.25, 0.3) is 0 Å². The minimum Gasteiger partial charge on any atom is -0.464 e. The molecule has 1 heterocycles. The molecule has 0 radical (unpaired) electrons. The van der Waals surface area contributed by atoms with Crippen LogP contribution < -0.4 is 10.5 Å². The lowest BCUT2D eigenvalue weighted by Crippen LogP contribution is -2.15. The van der Waals surface area contributed by atoms with Gasteiger partial charge in [0.1, 0.15) is 5.82 Å². The van der Waals surface area contributed by atoms with Gasteiger partial charge >= 0.3 is 5.97 Å². The normalized spacial score (nSPS) is 10.3. The summed E-state index contributed by atoms with van der Waals surface area (Å²) in [5.74, 6) is 0.384. The monoisotopic (exact) mass is 275 g/mol. The van der Waals surface area contributed by atoms with Crippen molar-refractivity contribution in [1.29, 1.82) is 0 Å². The fourth-order valence-corrected chi connectivity index (χ4v) is 1.72. The Balaban J connectivity index is 2.18. The lowest BCUT2D eigenvalue weighted by Gasteiger charge is -2.03. The number of carbonyl (C=O) groups excluding carboxylic acids is 1. The van der Waals surface area contributed by atoms with Crippen molar-refractivity contribution in [2.24, 2.45) is 0 Å². The Labute approximate surface area is 117 Å². The van der Waals surface area contributed by atoms with Crippen LogP contribution in [0.15, 0.2) is 30.3 Å². The molecule has 6 heteroatoms. The van der Waals surface area contributed by atoms with E-state index >= 15 is 0 Å². The molecule has 0 fully saturated rings. The number of nitrogen functional groups attached to an aromatic ring is 1. The van der Waals surface area contributed by atoms with E-state index in [1.54, 1.807) is 18.5 Å². The molecule has 2 rings (SSSR count). The SMILES string of the molecule is CCOC(=O)COc1nn(-c2ccccc2)c(N)c1C. The van der Waals surface area contributed by atoms with Gasteiger partial charge in [0, 0.05) is 0 Å². The van der Waals surface area contributed by atoms with Gasteiger partial charge in [0.2, 0.25) is 5.88 Å². The first kappa shape index (κ1) is 13.9. The maximum absolute atomic E-state index is 11.3. The number of rotatable bonds is 5. The minimum absolute atomic E-state index is 0.181. The average molecular weight is 275 g/mol. The molecule has 6 nitrogen and oxygen atoms in total. The van der Waals surface area contributed by atoms with Gasteiger partial charge in [-0.25, -0.2) is 9.48 Å². The lowest BCUT2D eigenvalue weighted by atomic mass is 10.3. The number of nitrogens with two attached hydrogens (primary N) is 1. The highest BCUT2D eigenvalue weighted by Crippen LogP contribution is 2.25. The van der Waals surface area contributed by atoms with E-state index in [0.29, 0.717) is 23.9 Å². The van der Waals surface area contributed by atoms with Crippen molar-refractivity contribution in [3.05, 3.63) is 35.9 Å². The van der Waals surface area contributed by atoms with Crippen molar-refractivity contribution in [2.75, 3.05) is 18.9 Å². The zero-order chi connectivity index (χ0) is 14.5. The molecule has 2 aromatic rings. The molecule has 0 unspecified atom stereocenters. The van der Waals surface area contributed by atoms with Crippen molar-refractivity contribution in [2.45, 2.75) is 13.8 Å². The molecule has 1 aromatic carbocycles. The first-order valence-electron chi connectivity index (χ1n) is 6.32. The zero-order valence-corrected chi connectivity index (χ0v) is 11.5. The molecule has 0 aliphatic heterocycles. The summed E-state index contributed by atoms with van der Waals surface area (Å²) in [6.07, 6.45) is 0. The van der Waals surface area contributed by atoms with E-state index in [4.69, 9.17) is 15.2 Å². The molecule has 0 saturated carbocycles. The molecule has 20 heavy (non-hydrogen) atoms. The number of para-hydroxylation sites is 1. The topological polar surface area (TPSA) is 79.4 Å². The van der Waals surface area contributed by atoms with Crippen LogP contribution >= 0.6 is 0 Å². The number of nitrogens with zero attached hydrogens (tertiary/aromatic N) is 2. The fourth-order valence-electron chi connectivity index (χ4n) is 1.72. The summed E-state index contributed by atoms with van der Waals surface area (Å²) in [6.45, 7) is 3.68. The predicted molar refractivity (Wildman–Crippen MR) is 74.8 cm³/mol. The van der Waals surface area contributed by atoms with Crippen molar-refractivity contribution < 1.29 is 14.3 Å². The Morgan fingerprint density at radius 3 is 2.70 bits per heavy atom. The van der Waals surface area contributed by atoms with Gasteiger partial charge in [0.05, 0.1) is 17.9 Å². The Kier molecular flexibility index (Phi) is 4.24. The van der Waals surface area contributed by atoms with Gasteiger partial charge in [0.15, 0.2) is 6.61 Å². The highest BCUT2D eigenvalue weighted by atomic mass is 16.6. The summed E-state index contributed by atoms with van der Waals surface area (Å²) in [7, 11) is 0. The quantitative estimate of drug-likeness (QED) is 0.840. The van der Waals surface area contributed by atoms with E-state index in [2.05, 4.69) is 5.10 Å². The summed E-state index contributed by atoms with van der Waals surface area (Å²) in [6, 6.07) is 9.47. The number of esters is 1. The third kappa shape index (κ3) is 2.90. The summed E-state index contributed by atoms with van der Waals surface area (Å²) in [5.41, 5.74) is 7.53. The van der Waals surface area contributed by atoms with Crippen LogP contribution in [0.3, 0.4) is 0 Å². The van der Waals surface area contributed by atoms with Crippen LogP contribution in [-0.4, -0.2) is 29.0 Å². The molecule has 0 aliphatic carbocycles. The number of carbonyl (C=O) groups is 1. The molecule has 1 aromatic heterocycles.